The number of ether oxygens (including phenoxy) is 1. The predicted molar refractivity (Wildman–Crippen MR) is 68.2 cm³/mol. The number of hydrogen-bond acceptors (Lipinski definition) is 11. The van der Waals surface area contributed by atoms with Crippen molar-refractivity contribution in [3.05, 3.63) is 0 Å². The van der Waals surface area contributed by atoms with Gasteiger partial charge in [0, 0.05) is 11.8 Å². The van der Waals surface area contributed by atoms with Gasteiger partial charge in [-0.1, -0.05) is 0 Å². The maximum Gasteiger partial charge on any atom is 0.187 e. The average molecular weight is 342 g/mol. The van der Waals surface area contributed by atoms with Gasteiger partial charge in [-0.25, -0.2) is 0 Å². The van der Waals surface area contributed by atoms with E-state index in [1.807, 2.05) is 0 Å². The second-order valence-electron chi connectivity index (χ2n) is 6.03. The third kappa shape index (κ3) is 2.25. The van der Waals surface area contributed by atoms with Gasteiger partial charge in [0.15, 0.2) is 23.8 Å². The highest BCUT2D eigenvalue weighted by atomic mass is 16.7. The van der Waals surface area contributed by atoms with Crippen LogP contribution in [0.25, 0.3) is 0 Å². The van der Waals surface area contributed by atoms with Gasteiger partial charge in [0.05, 0.1) is 25.4 Å². The monoisotopic (exact) mass is 342 g/mol. The maximum atomic E-state index is 10.2. The minimum atomic E-state index is -2.55. The fraction of sp³-hybridized carbons (Fsp3) is 1.00. The molecule has 2 saturated carbocycles. The van der Waals surface area contributed by atoms with Crippen LogP contribution in [0, 0.1) is 11.8 Å². The zero-order valence-corrected chi connectivity index (χ0v) is 11.9. The van der Waals surface area contributed by atoms with Crippen LogP contribution >= 0.6 is 0 Å². The van der Waals surface area contributed by atoms with E-state index in [4.69, 9.17) is 9.84 Å². The first-order valence-corrected chi connectivity index (χ1v) is 6.99. The second-order valence-corrected chi connectivity index (χ2v) is 6.03. The van der Waals surface area contributed by atoms with Crippen molar-refractivity contribution < 1.29 is 55.8 Å². The molecular weight excluding hydrogens is 320 g/mol. The zero-order valence-electron chi connectivity index (χ0n) is 11.9. The fourth-order valence-corrected chi connectivity index (χ4v) is 3.41. The highest BCUT2D eigenvalue weighted by molar-refractivity contribution is 5.16. The maximum absolute atomic E-state index is 10.2. The van der Waals surface area contributed by atoms with Crippen LogP contribution in [0.3, 0.4) is 0 Å². The Morgan fingerprint density at radius 3 is 1.74 bits per heavy atom. The molecule has 0 aromatic rings. The third-order valence-electron chi connectivity index (χ3n) is 5.09. The van der Waals surface area contributed by atoms with Crippen LogP contribution in [-0.4, -0.2) is 112 Å². The molecule has 0 aromatic heterocycles. The number of aliphatic hydroxyl groups excluding tert-OH is 8. The fourth-order valence-electron chi connectivity index (χ4n) is 3.41. The Labute approximate surface area is 130 Å². The highest BCUT2D eigenvalue weighted by Crippen LogP contribution is 2.49. The largest absolute Gasteiger partial charge is 0.396 e. The summed E-state index contributed by atoms with van der Waals surface area (Å²) < 4.78 is 4.93. The molecule has 0 bridgehead atoms. The van der Waals surface area contributed by atoms with Crippen molar-refractivity contribution in [2.75, 3.05) is 13.2 Å². The molecule has 2 rings (SSSR count). The van der Waals surface area contributed by atoms with Crippen molar-refractivity contribution >= 4 is 0 Å². The Kier molecular flexibility index (Phi) is 5.03. The van der Waals surface area contributed by atoms with Crippen LogP contribution in [0.15, 0.2) is 0 Å². The van der Waals surface area contributed by atoms with E-state index in [1.54, 1.807) is 0 Å². The highest BCUT2D eigenvalue weighted by Gasteiger charge is 2.71. The molecule has 0 aliphatic heterocycles. The molecule has 2 aliphatic rings. The lowest BCUT2D eigenvalue weighted by atomic mass is 9.62. The molecule has 0 amide bonds. The second kappa shape index (κ2) is 6.13. The molecule has 6 unspecified atom stereocenters. The molecule has 136 valence electrons. The van der Waals surface area contributed by atoms with E-state index in [0.717, 1.165) is 0 Å². The van der Waals surface area contributed by atoms with Gasteiger partial charge in [0.2, 0.25) is 0 Å². The van der Waals surface area contributed by atoms with Gasteiger partial charge in [0.1, 0.15) is 12.2 Å². The van der Waals surface area contributed by atoms with Crippen molar-refractivity contribution in [2.45, 2.75) is 48.2 Å². The topological polar surface area (TPSA) is 212 Å². The Hall–Kier alpha value is -0.440. The zero-order chi connectivity index (χ0) is 17.7. The minimum absolute atomic E-state index is 0.821. The summed E-state index contributed by atoms with van der Waals surface area (Å²) in [5.74, 6) is -2.79. The van der Waals surface area contributed by atoms with E-state index < -0.39 is 73.2 Å². The molecule has 2 fully saturated rings. The summed E-state index contributed by atoms with van der Waals surface area (Å²) >= 11 is 0. The molecule has 2 aliphatic carbocycles. The number of hydrogen-bond donors (Lipinski definition) is 10. The molecule has 0 radical (unpaired) electrons. The van der Waals surface area contributed by atoms with Crippen molar-refractivity contribution in [1.82, 2.24) is 0 Å². The lowest BCUT2D eigenvalue weighted by Gasteiger charge is -2.60. The van der Waals surface area contributed by atoms with E-state index in [2.05, 4.69) is 0 Å². The first-order chi connectivity index (χ1) is 10.6. The Morgan fingerprint density at radius 2 is 1.30 bits per heavy atom. The lowest BCUT2D eigenvalue weighted by molar-refractivity contribution is -0.427. The predicted octanol–water partition coefficient (Wildman–Crippen LogP) is -6.21. The van der Waals surface area contributed by atoms with E-state index in [0.29, 0.717) is 0 Å². The van der Waals surface area contributed by atoms with E-state index in [1.165, 1.54) is 0 Å². The molecule has 0 aromatic carbocycles. The van der Waals surface area contributed by atoms with Gasteiger partial charge in [-0.15, -0.1) is 0 Å². The first kappa shape index (κ1) is 18.9. The molecule has 11 heteroatoms. The summed E-state index contributed by atoms with van der Waals surface area (Å²) in [6, 6.07) is 0. The van der Waals surface area contributed by atoms with E-state index in [9.17, 15) is 46.0 Å². The summed E-state index contributed by atoms with van der Waals surface area (Å²) in [6.07, 6.45) is -11.8. The molecule has 11 nitrogen and oxygen atoms in total. The van der Waals surface area contributed by atoms with Gasteiger partial charge in [-0.3, -0.25) is 0 Å². The summed E-state index contributed by atoms with van der Waals surface area (Å²) in [5, 5.41) is 95.9. The van der Waals surface area contributed by atoms with Gasteiger partial charge in [-0.05, 0) is 0 Å². The van der Waals surface area contributed by atoms with Crippen molar-refractivity contribution in [1.29, 1.82) is 0 Å². The van der Waals surface area contributed by atoms with Gasteiger partial charge in [-0.2, -0.15) is 0 Å². The van der Waals surface area contributed by atoms with Gasteiger partial charge in [0.25, 0.3) is 0 Å². The average Bonchev–Trinajstić information content (AvgIpc) is 2.52. The normalized spacial score (nSPS) is 51.3. The first-order valence-electron chi connectivity index (χ1n) is 6.99. The van der Waals surface area contributed by atoms with Crippen molar-refractivity contribution in [2.24, 2.45) is 11.8 Å². The van der Waals surface area contributed by atoms with Crippen molar-refractivity contribution in [3.63, 3.8) is 0 Å². The number of aliphatic hydroxyl groups is 10. The summed E-state index contributed by atoms with van der Waals surface area (Å²) in [7, 11) is 0. The van der Waals surface area contributed by atoms with Crippen LogP contribution < -0.4 is 0 Å². The Morgan fingerprint density at radius 1 is 0.826 bits per heavy atom. The Balaban J connectivity index is 2.25. The standard InChI is InChI=1S/C12H22O11/c13-1-3-5(15)7(17)11(3,22)10(21)23-12(9(19)20)4(2-14)6(16)8(12)18/h3-10,13-22H,1-2H2/t3?,4?,5-,6-,7?,8?,10+,11?,12?/m1/s1. The summed E-state index contributed by atoms with van der Waals surface area (Å²) in [4.78, 5) is 0. The molecule has 0 heterocycles. The molecular formula is C12H22O11. The SMILES string of the molecule is OCC1[C@@H](O)C(O)C1(O[C@H](O)C1(O)C(O)[C@H](O)C1CO)C(O)O. The van der Waals surface area contributed by atoms with Crippen LogP contribution in [0.5, 0.6) is 0 Å². The summed E-state index contributed by atoms with van der Waals surface area (Å²) in [6.45, 7) is -1.66. The smallest absolute Gasteiger partial charge is 0.187 e. The number of rotatable bonds is 6. The molecule has 0 saturated heterocycles. The van der Waals surface area contributed by atoms with Gasteiger partial charge >= 0.3 is 0 Å². The van der Waals surface area contributed by atoms with Crippen LogP contribution in [0.1, 0.15) is 0 Å². The molecule has 10 N–H and O–H groups in total. The minimum Gasteiger partial charge on any atom is -0.396 e. The quantitative estimate of drug-likeness (QED) is 0.205. The molecule has 23 heavy (non-hydrogen) atoms. The molecule has 9 atom stereocenters. The Bertz CT molecular complexity index is 433. The lowest BCUT2D eigenvalue weighted by Crippen LogP contribution is -2.81. The van der Waals surface area contributed by atoms with E-state index in [-0.39, 0.29) is 0 Å². The van der Waals surface area contributed by atoms with E-state index >= 15 is 0 Å². The van der Waals surface area contributed by atoms with Crippen LogP contribution in [-0.2, 0) is 4.74 Å². The third-order valence-corrected chi connectivity index (χ3v) is 5.09. The summed E-state index contributed by atoms with van der Waals surface area (Å²) in [5.41, 5.74) is -4.97. The van der Waals surface area contributed by atoms with Crippen LogP contribution in [0.4, 0.5) is 0 Å². The molecule has 0 spiro atoms. The van der Waals surface area contributed by atoms with Crippen molar-refractivity contribution in [3.8, 4) is 0 Å². The van der Waals surface area contributed by atoms with Crippen LogP contribution in [0.2, 0.25) is 0 Å². The van der Waals surface area contributed by atoms with Gasteiger partial charge < -0.3 is 55.8 Å².